The molecule has 92 valence electrons. The number of nitrogens with zero attached hydrogens (tertiary/aromatic N) is 2. The van der Waals surface area contributed by atoms with E-state index in [1.54, 1.807) is 4.90 Å². The molecule has 1 aromatic heterocycles. The molecule has 0 aromatic carbocycles. The van der Waals surface area contributed by atoms with Crippen LogP contribution >= 0.6 is 0 Å². The maximum Gasteiger partial charge on any atom is 0.251 e. The third-order valence-electron chi connectivity index (χ3n) is 3.16. The van der Waals surface area contributed by atoms with Crippen molar-refractivity contribution < 1.29 is 4.79 Å². The first-order valence-corrected chi connectivity index (χ1v) is 6.02. The number of hydrogen-bond donors (Lipinski definition) is 1. The zero-order valence-corrected chi connectivity index (χ0v) is 10.2. The van der Waals surface area contributed by atoms with E-state index >= 15 is 0 Å². The van der Waals surface area contributed by atoms with Crippen molar-refractivity contribution in [3.8, 4) is 0 Å². The Labute approximate surface area is 99.9 Å². The highest BCUT2D eigenvalue weighted by molar-refractivity contribution is 5.79. The maximum atomic E-state index is 11.6. The molecular weight excluding hydrogens is 218 g/mol. The lowest BCUT2D eigenvalue weighted by atomic mass is 10.0. The molecule has 5 nitrogen and oxygen atoms in total. The van der Waals surface area contributed by atoms with E-state index in [1.165, 1.54) is 6.07 Å². The van der Waals surface area contributed by atoms with Crippen molar-refractivity contribution in [2.24, 2.45) is 0 Å². The predicted molar refractivity (Wildman–Crippen MR) is 63.8 cm³/mol. The topological polar surface area (TPSA) is 66.1 Å². The summed E-state index contributed by atoms with van der Waals surface area (Å²) in [5.74, 6) is 0.905. The highest BCUT2D eigenvalue weighted by atomic mass is 16.2. The summed E-state index contributed by atoms with van der Waals surface area (Å²) in [5.41, 5.74) is 0.615. The van der Waals surface area contributed by atoms with Crippen LogP contribution < -0.4 is 5.56 Å². The van der Waals surface area contributed by atoms with E-state index in [-0.39, 0.29) is 17.4 Å². The van der Waals surface area contributed by atoms with Crippen LogP contribution in [0.5, 0.6) is 0 Å². The Morgan fingerprint density at radius 3 is 2.82 bits per heavy atom. The maximum absolute atomic E-state index is 11.6. The van der Waals surface area contributed by atoms with Gasteiger partial charge in [-0.25, -0.2) is 4.98 Å². The van der Waals surface area contributed by atoms with Crippen LogP contribution in [0.25, 0.3) is 0 Å². The monoisotopic (exact) mass is 235 g/mol. The first-order chi connectivity index (χ1) is 8.13. The van der Waals surface area contributed by atoms with E-state index in [1.807, 2.05) is 13.8 Å². The quantitative estimate of drug-likeness (QED) is 0.837. The van der Waals surface area contributed by atoms with Gasteiger partial charge in [0.2, 0.25) is 5.91 Å². The predicted octanol–water partition coefficient (Wildman–Crippen LogP) is 0.668. The number of amides is 1. The van der Waals surface area contributed by atoms with Crippen LogP contribution in [0.4, 0.5) is 0 Å². The number of H-pyrrole nitrogens is 1. The molecule has 5 heteroatoms. The fraction of sp³-hybridized carbons (Fsp3) is 0.583. The smallest absolute Gasteiger partial charge is 0.251 e. The molecule has 0 saturated carbocycles. The summed E-state index contributed by atoms with van der Waals surface area (Å²) in [7, 11) is 0. The third-order valence-corrected chi connectivity index (χ3v) is 3.16. The number of carbonyl (C=O) groups is 1. The van der Waals surface area contributed by atoms with Crippen LogP contribution in [0.1, 0.15) is 37.7 Å². The minimum atomic E-state index is -0.130. The van der Waals surface area contributed by atoms with Crippen LogP contribution in [-0.4, -0.2) is 33.9 Å². The van der Waals surface area contributed by atoms with E-state index in [0.717, 1.165) is 12.2 Å². The van der Waals surface area contributed by atoms with Crippen molar-refractivity contribution in [2.75, 3.05) is 13.1 Å². The zero-order chi connectivity index (χ0) is 12.4. The number of aromatic amines is 1. The molecule has 1 fully saturated rings. The van der Waals surface area contributed by atoms with E-state index in [2.05, 4.69) is 9.97 Å². The molecule has 0 spiro atoms. The van der Waals surface area contributed by atoms with Crippen molar-refractivity contribution in [1.29, 1.82) is 0 Å². The van der Waals surface area contributed by atoms with Gasteiger partial charge in [-0.2, -0.15) is 0 Å². The average Bonchev–Trinajstić information content (AvgIpc) is 2.69. The van der Waals surface area contributed by atoms with E-state index in [4.69, 9.17) is 0 Å². The van der Waals surface area contributed by atoms with Crippen LogP contribution in [0, 0.1) is 0 Å². The Bertz CT molecular complexity index is 481. The van der Waals surface area contributed by atoms with Gasteiger partial charge in [-0.3, -0.25) is 9.59 Å². The summed E-state index contributed by atoms with van der Waals surface area (Å²) in [4.78, 5) is 32.0. The Balaban J connectivity index is 2.27. The number of hydrogen-bond acceptors (Lipinski definition) is 3. The number of rotatable bonds is 3. The summed E-state index contributed by atoms with van der Waals surface area (Å²) in [5, 5.41) is 0. The number of aromatic nitrogens is 2. The number of nitrogens with one attached hydrogen (secondary N) is 1. The molecule has 1 amide bonds. The lowest BCUT2D eigenvalue weighted by molar-refractivity contribution is -0.127. The molecule has 2 heterocycles. The van der Waals surface area contributed by atoms with Gasteiger partial charge in [0.05, 0.1) is 5.69 Å². The molecule has 1 atom stereocenters. The van der Waals surface area contributed by atoms with Crippen molar-refractivity contribution in [2.45, 2.75) is 32.6 Å². The minimum Gasteiger partial charge on any atom is -0.342 e. The molecule has 0 radical (unpaired) electrons. The van der Waals surface area contributed by atoms with Crippen LogP contribution in [-0.2, 0) is 11.2 Å². The molecule has 1 aliphatic heterocycles. The van der Waals surface area contributed by atoms with E-state index < -0.39 is 0 Å². The van der Waals surface area contributed by atoms with Gasteiger partial charge in [0, 0.05) is 37.9 Å². The van der Waals surface area contributed by atoms with Gasteiger partial charge < -0.3 is 9.88 Å². The van der Waals surface area contributed by atoms with Crippen LogP contribution in [0.3, 0.4) is 0 Å². The molecule has 1 unspecified atom stereocenters. The second-order valence-electron chi connectivity index (χ2n) is 4.30. The molecule has 1 aromatic rings. The minimum absolute atomic E-state index is 0.0649. The zero-order valence-electron chi connectivity index (χ0n) is 10.2. The van der Waals surface area contributed by atoms with Crippen molar-refractivity contribution in [3.63, 3.8) is 0 Å². The SMILES string of the molecule is CCc1nc(C2CC(=O)N(CC)C2)cc(=O)[nH]1. The number of aryl methyl sites for hydroxylation is 1. The lowest BCUT2D eigenvalue weighted by Gasteiger charge is -2.13. The van der Waals surface area contributed by atoms with Gasteiger partial charge in [-0.1, -0.05) is 6.92 Å². The summed E-state index contributed by atoms with van der Waals surface area (Å²) < 4.78 is 0. The Kier molecular flexibility index (Phi) is 3.26. The molecule has 2 rings (SSSR count). The Morgan fingerprint density at radius 2 is 2.24 bits per heavy atom. The second-order valence-corrected chi connectivity index (χ2v) is 4.30. The highest BCUT2D eigenvalue weighted by Crippen LogP contribution is 2.25. The first kappa shape index (κ1) is 11.8. The molecule has 1 saturated heterocycles. The van der Waals surface area contributed by atoms with Gasteiger partial charge in [0.15, 0.2) is 0 Å². The van der Waals surface area contributed by atoms with Gasteiger partial charge in [-0.05, 0) is 6.92 Å². The normalized spacial score (nSPS) is 20.0. The molecule has 17 heavy (non-hydrogen) atoms. The van der Waals surface area contributed by atoms with E-state index in [9.17, 15) is 9.59 Å². The summed E-state index contributed by atoms with van der Waals surface area (Å²) in [6.45, 7) is 5.30. The highest BCUT2D eigenvalue weighted by Gasteiger charge is 2.30. The Hall–Kier alpha value is -1.65. The Morgan fingerprint density at radius 1 is 1.47 bits per heavy atom. The van der Waals surface area contributed by atoms with Crippen molar-refractivity contribution >= 4 is 5.91 Å². The lowest BCUT2D eigenvalue weighted by Crippen LogP contribution is -2.24. The first-order valence-electron chi connectivity index (χ1n) is 6.02. The van der Waals surface area contributed by atoms with Gasteiger partial charge in [0.25, 0.3) is 5.56 Å². The van der Waals surface area contributed by atoms with E-state index in [0.29, 0.717) is 25.2 Å². The fourth-order valence-corrected chi connectivity index (χ4v) is 2.18. The summed E-state index contributed by atoms with van der Waals surface area (Å²) in [6, 6.07) is 1.51. The molecule has 0 aliphatic carbocycles. The second kappa shape index (κ2) is 4.69. The molecule has 1 N–H and O–H groups in total. The fourth-order valence-electron chi connectivity index (χ4n) is 2.18. The van der Waals surface area contributed by atoms with Crippen LogP contribution in [0.2, 0.25) is 0 Å². The summed E-state index contributed by atoms with van der Waals surface area (Å²) in [6.07, 6.45) is 1.16. The molecule has 1 aliphatic rings. The molecule has 0 bridgehead atoms. The van der Waals surface area contributed by atoms with Crippen molar-refractivity contribution in [1.82, 2.24) is 14.9 Å². The number of likely N-dealkylation sites (tertiary alicyclic amines) is 1. The van der Waals surface area contributed by atoms with Gasteiger partial charge in [-0.15, -0.1) is 0 Å². The third kappa shape index (κ3) is 2.38. The molecular formula is C12H17N3O2. The largest absolute Gasteiger partial charge is 0.342 e. The standard InChI is InChI=1S/C12H17N3O2/c1-3-10-13-9(6-11(16)14-10)8-5-12(17)15(4-2)7-8/h6,8H,3-5,7H2,1-2H3,(H,13,14,16). The average molecular weight is 235 g/mol. The van der Waals surface area contributed by atoms with Crippen molar-refractivity contribution in [3.05, 3.63) is 27.9 Å². The summed E-state index contributed by atoms with van der Waals surface area (Å²) >= 11 is 0. The number of likely N-dealkylation sites (N-methyl/N-ethyl adjacent to an activating group) is 1. The number of carbonyl (C=O) groups excluding carboxylic acids is 1. The van der Waals surface area contributed by atoms with Gasteiger partial charge >= 0.3 is 0 Å². The van der Waals surface area contributed by atoms with Gasteiger partial charge in [0.1, 0.15) is 5.82 Å². The van der Waals surface area contributed by atoms with Crippen LogP contribution in [0.15, 0.2) is 10.9 Å².